The molecular weight excluding hydrogens is 335 g/mol. The Morgan fingerprint density at radius 1 is 1.04 bits per heavy atom. The number of benzene rings is 2. The van der Waals surface area contributed by atoms with Crippen LogP contribution in [0.4, 0.5) is 5.69 Å². The van der Waals surface area contributed by atoms with Crippen LogP contribution in [-0.2, 0) is 11.2 Å². The molecule has 0 saturated heterocycles. The minimum Gasteiger partial charge on any atom is -0.548 e. The monoisotopic (exact) mass is 346 g/mol. The molecular formula is C17H11LiN2O6. The van der Waals surface area contributed by atoms with E-state index in [0.717, 1.165) is 6.07 Å². The molecule has 0 aliphatic carbocycles. The van der Waals surface area contributed by atoms with Gasteiger partial charge in [-0.3, -0.25) is 24.6 Å². The van der Waals surface area contributed by atoms with Gasteiger partial charge in [-0.2, -0.15) is 0 Å². The molecule has 0 aromatic heterocycles. The quantitative estimate of drug-likeness (QED) is 0.257. The number of hydrogen-bond donors (Lipinski definition) is 0. The van der Waals surface area contributed by atoms with Crippen LogP contribution in [0.1, 0.15) is 26.3 Å². The fraction of sp³-hybridized carbons (Fsp3) is 0.118. The molecule has 1 aliphatic heterocycles. The zero-order valence-corrected chi connectivity index (χ0v) is 13.7. The first-order valence-corrected chi connectivity index (χ1v) is 7.32. The molecule has 0 radical (unpaired) electrons. The number of imide groups is 1. The Bertz CT molecular complexity index is 899. The van der Waals surface area contributed by atoms with E-state index in [-0.39, 0.29) is 30.8 Å². The van der Waals surface area contributed by atoms with Crippen molar-refractivity contribution in [2.45, 2.75) is 12.5 Å². The van der Waals surface area contributed by atoms with Gasteiger partial charge in [-0.05, 0) is 18.1 Å². The van der Waals surface area contributed by atoms with Gasteiger partial charge in [0, 0.05) is 6.07 Å². The van der Waals surface area contributed by atoms with Gasteiger partial charge in [0.05, 0.1) is 22.5 Å². The molecule has 9 heteroatoms. The number of carboxylic acid groups (broad SMARTS) is 1. The summed E-state index contributed by atoms with van der Waals surface area (Å²) in [5.74, 6) is -3.49. The van der Waals surface area contributed by atoms with E-state index in [1.54, 1.807) is 30.3 Å². The maximum Gasteiger partial charge on any atom is 1.00 e. The van der Waals surface area contributed by atoms with Crippen LogP contribution in [0.15, 0.2) is 48.5 Å². The van der Waals surface area contributed by atoms with Crippen LogP contribution in [0.2, 0.25) is 0 Å². The zero-order chi connectivity index (χ0) is 18.1. The number of amides is 2. The third-order valence-corrected chi connectivity index (χ3v) is 3.98. The van der Waals surface area contributed by atoms with Crippen LogP contribution in [-0.4, -0.2) is 33.6 Å². The van der Waals surface area contributed by atoms with Crippen molar-refractivity contribution in [2.75, 3.05) is 0 Å². The van der Waals surface area contributed by atoms with Crippen molar-refractivity contribution >= 4 is 23.5 Å². The third-order valence-electron chi connectivity index (χ3n) is 3.98. The van der Waals surface area contributed by atoms with Gasteiger partial charge in [0.15, 0.2) is 0 Å². The van der Waals surface area contributed by atoms with E-state index >= 15 is 0 Å². The van der Waals surface area contributed by atoms with Crippen molar-refractivity contribution in [3.63, 3.8) is 0 Å². The van der Waals surface area contributed by atoms with Gasteiger partial charge in [-0.15, -0.1) is 0 Å². The molecule has 2 aromatic carbocycles. The largest absolute Gasteiger partial charge is 1.00 e. The number of carbonyl (C=O) groups excluding carboxylic acids is 3. The number of carbonyl (C=O) groups is 3. The van der Waals surface area contributed by atoms with E-state index in [4.69, 9.17) is 0 Å². The minimum atomic E-state index is -1.61. The average Bonchev–Trinajstić information content (AvgIpc) is 2.85. The van der Waals surface area contributed by atoms with Crippen LogP contribution in [0.3, 0.4) is 0 Å². The minimum absolute atomic E-state index is 0. The summed E-state index contributed by atoms with van der Waals surface area (Å²) < 4.78 is 0. The van der Waals surface area contributed by atoms with Gasteiger partial charge in [-0.25, -0.2) is 0 Å². The maximum absolute atomic E-state index is 12.6. The Balaban J connectivity index is 0.00000243. The van der Waals surface area contributed by atoms with Crippen molar-refractivity contribution in [1.29, 1.82) is 0 Å². The van der Waals surface area contributed by atoms with Crippen molar-refractivity contribution in [3.8, 4) is 0 Å². The standard InChI is InChI=1S/C17H12N2O6.Li/c20-15-11-7-4-8-12(19(24)25)14(11)16(21)18(15)13(17(22)23)9-10-5-2-1-3-6-10;/h1-8,13H,9H2,(H,22,23);/q;+1/p-1. The van der Waals surface area contributed by atoms with E-state index in [2.05, 4.69) is 0 Å². The van der Waals surface area contributed by atoms with Crippen LogP contribution < -0.4 is 24.0 Å². The number of nitrogens with zero attached hydrogens (tertiary/aromatic N) is 2. The second-order valence-corrected chi connectivity index (χ2v) is 5.46. The fourth-order valence-corrected chi connectivity index (χ4v) is 2.84. The van der Waals surface area contributed by atoms with Crippen molar-refractivity contribution < 1.29 is 43.3 Å². The van der Waals surface area contributed by atoms with Gasteiger partial charge in [0.25, 0.3) is 17.5 Å². The first-order chi connectivity index (χ1) is 11.9. The van der Waals surface area contributed by atoms with Crippen molar-refractivity contribution in [2.24, 2.45) is 0 Å². The predicted octanol–water partition coefficient (Wildman–Crippen LogP) is -2.44. The van der Waals surface area contributed by atoms with E-state index in [1.165, 1.54) is 12.1 Å². The van der Waals surface area contributed by atoms with Crippen LogP contribution >= 0.6 is 0 Å². The van der Waals surface area contributed by atoms with E-state index in [1.807, 2.05) is 0 Å². The summed E-state index contributed by atoms with van der Waals surface area (Å²) in [5.41, 5.74) is -0.520. The number of hydrogen-bond acceptors (Lipinski definition) is 6. The Morgan fingerprint density at radius 2 is 1.69 bits per heavy atom. The molecule has 0 saturated carbocycles. The molecule has 1 heterocycles. The number of carboxylic acids is 1. The molecule has 1 atom stereocenters. The molecule has 126 valence electrons. The number of aliphatic carboxylic acids is 1. The molecule has 2 aromatic rings. The number of rotatable bonds is 5. The number of nitro groups is 1. The Labute approximate surface area is 159 Å². The van der Waals surface area contributed by atoms with Crippen molar-refractivity contribution in [1.82, 2.24) is 4.90 Å². The van der Waals surface area contributed by atoms with Crippen molar-refractivity contribution in [3.05, 3.63) is 75.3 Å². The SMILES string of the molecule is O=C([O-])C(Cc1ccccc1)N1C(=O)c2cccc([N+](=O)[O-])c2C1=O.[Li+]. The summed E-state index contributed by atoms with van der Waals surface area (Å²) in [6.45, 7) is 0. The second kappa shape index (κ2) is 7.52. The van der Waals surface area contributed by atoms with E-state index < -0.39 is 40.0 Å². The normalized spacial score (nSPS) is 13.8. The first-order valence-electron chi connectivity index (χ1n) is 7.32. The molecule has 1 unspecified atom stereocenters. The third kappa shape index (κ3) is 3.25. The molecule has 8 nitrogen and oxygen atoms in total. The Hall–Kier alpha value is -2.95. The molecule has 0 N–H and O–H groups in total. The fourth-order valence-electron chi connectivity index (χ4n) is 2.84. The number of nitro benzene ring substituents is 1. The van der Waals surface area contributed by atoms with Gasteiger partial charge in [-0.1, -0.05) is 36.4 Å². The average molecular weight is 346 g/mol. The zero-order valence-electron chi connectivity index (χ0n) is 13.7. The molecule has 1 aliphatic rings. The Kier molecular flexibility index (Phi) is 5.60. The topological polar surface area (TPSA) is 121 Å². The summed E-state index contributed by atoms with van der Waals surface area (Å²) in [6, 6.07) is 10.5. The molecule has 0 bridgehead atoms. The molecule has 26 heavy (non-hydrogen) atoms. The Morgan fingerprint density at radius 3 is 2.27 bits per heavy atom. The van der Waals surface area contributed by atoms with Crippen LogP contribution in [0.25, 0.3) is 0 Å². The van der Waals surface area contributed by atoms with Gasteiger partial charge in [0.2, 0.25) is 0 Å². The summed E-state index contributed by atoms with van der Waals surface area (Å²) >= 11 is 0. The number of fused-ring (bicyclic) bond motifs is 1. The predicted molar refractivity (Wildman–Crippen MR) is 82.5 cm³/mol. The first kappa shape index (κ1) is 19.4. The van der Waals surface area contributed by atoms with Crippen LogP contribution in [0.5, 0.6) is 0 Å². The summed E-state index contributed by atoms with van der Waals surface area (Å²) in [7, 11) is 0. The maximum atomic E-state index is 12.6. The van der Waals surface area contributed by atoms with E-state index in [0.29, 0.717) is 10.5 Å². The summed E-state index contributed by atoms with van der Waals surface area (Å²) in [6.07, 6.45) is -0.150. The van der Waals surface area contributed by atoms with Crippen LogP contribution in [0, 0.1) is 10.1 Å². The smallest absolute Gasteiger partial charge is 0.548 e. The summed E-state index contributed by atoms with van der Waals surface area (Å²) in [5, 5.41) is 22.7. The van der Waals surface area contributed by atoms with E-state index in [9.17, 15) is 29.6 Å². The summed E-state index contributed by atoms with van der Waals surface area (Å²) in [4.78, 5) is 47.5. The molecule has 3 rings (SSSR count). The molecule has 0 spiro atoms. The second-order valence-electron chi connectivity index (χ2n) is 5.46. The molecule has 2 amide bonds. The van der Waals surface area contributed by atoms with Gasteiger partial charge < -0.3 is 9.90 Å². The van der Waals surface area contributed by atoms with Gasteiger partial charge in [0.1, 0.15) is 5.56 Å². The van der Waals surface area contributed by atoms with Gasteiger partial charge >= 0.3 is 18.9 Å². The molecule has 0 fully saturated rings.